The van der Waals surface area contributed by atoms with E-state index >= 15 is 0 Å². The number of aromatic nitrogens is 3. The summed E-state index contributed by atoms with van der Waals surface area (Å²) in [5, 5.41) is 14.8. The minimum Gasteiger partial charge on any atom is -0.491 e. The number of benzene rings is 1. The lowest BCUT2D eigenvalue weighted by molar-refractivity contribution is 0.0901. The standard InChI is InChI=1S/C30H39ClN6O3/c1-17-27(26-19(3)35-40-20(26)4)33-28(23-13-22(7-8-24(23)31)39-14-25(38)18(2)32)34-29(17)37-12-10-30(16-37)9-11-36(15-30)21-5-6-21/h7-8,13,18,21,25,38H,5-6,9-12,14-16,32H2,1-4H3. The van der Waals surface area contributed by atoms with E-state index in [-0.39, 0.29) is 6.61 Å². The van der Waals surface area contributed by atoms with E-state index in [1.165, 1.54) is 38.8 Å². The highest BCUT2D eigenvalue weighted by Gasteiger charge is 2.47. The van der Waals surface area contributed by atoms with Gasteiger partial charge in [-0.3, -0.25) is 4.90 Å². The minimum absolute atomic E-state index is 0.0802. The first-order valence-electron chi connectivity index (χ1n) is 14.3. The summed E-state index contributed by atoms with van der Waals surface area (Å²) >= 11 is 6.73. The number of rotatable bonds is 8. The number of hydrogen-bond donors (Lipinski definition) is 2. The third kappa shape index (κ3) is 5.20. The molecule has 9 nitrogen and oxygen atoms in total. The summed E-state index contributed by atoms with van der Waals surface area (Å²) in [4.78, 5) is 15.3. The Morgan fingerprint density at radius 2 is 1.95 bits per heavy atom. The van der Waals surface area contributed by atoms with Crippen LogP contribution in [0.5, 0.6) is 5.75 Å². The average molecular weight is 567 g/mol. The van der Waals surface area contributed by atoms with Gasteiger partial charge < -0.3 is 25.0 Å². The maximum Gasteiger partial charge on any atom is 0.163 e. The highest BCUT2D eigenvalue weighted by Crippen LogP contribution is 2.46. The molecule has 3 atom stereocenters. The molecule has 3 fully saturated rings. The van der Waals surface area contributed by atoms with Crippen LogP contribution in [0.4, 0.5) is 5.82 Å². The fraction of sp³-hybridized carbons (Fsp3) is 0.567. The van der Waals surface area contributed by atoms with Gasteiger partial charge in [0.2, 0.25) is 0 Å². The number of ether oxygens (including phenoxy) is 1. The zero-order valence-electron chi connectivity index (χ0n) is 23.8. The molecule has 3 aromatic rings. The molecular formula is C30H39ClN6O3. The molecule has 6 rings (SSSR count). The summed E-state index contributed by atoms with van der Waals surface area (Å²) in [6.07, 6.45) is 4.33. The van der Waals surface area contributed by atoms with E-state index in [0.29, 0.717) is 27.6 Å². The van der Waals surface area contributed by atoms with Gasteiger partial charge in [0.1, 0.15) is 30.0 Å². The van der Waals surface area contributed by atoms with Gasteiger partial charge >= 0.3 is 0 Å². The van der Waals surface area contributed by atoms with Crippen molar-refractivity contribution in [1.29, 1.82) is 0 Å². The van der Waals surface area contributed by atoms with Gasteiger partial charge in [0.05, 0.1) is 22.0 Å². The number of aliphatic hydroxyl groups excluding tert-OH is 1. The Morgan fingerprint density at radius 1 is 1.18 bits per heavy atom. The van der Waals surface area contributed by atoms with Gasteiger partial charge in [-0.15, -0.1) is 0 Å². The Balaban J connectivity index is 1.38. The number of likely N-dealkylation sites (tertiary alicyclic amines) is 1. The zero-order valence-corrected chi connectivity index (χ0v) is 24.5. The van der Waals surface area contributed by atoms with E-state index in [2.05, 4.69) is 21.9 Å². The number of halogens is 1. The summed E-state index contributed by atoms with van der Waals surface area (Å²) in [5.41, 5.74) is 10.3. The molecule has 10 heteroatoms. The van der Waals surface area contributed by atoms with Crippen molar-refractivity contribution >= 4 is 17.4 Å². The molecule has 1 aliphatic carbocycles. The highest BCUT2D eigenvalue weighted by atomic mass is 35.5. The van der Waals surface area contributed by atoms with Crippen molar-refractivity contribution in [3.63, 3.8) is 0 Å². The van der Waals surface area contributed by atoms with Crippen molar-refractivity contribution in [2.45, 2.75) is 71.6 Å². The zero-order chi connectivity index (χ0) is 28.2. The van der Waals surface area contributed by atoms with E-state index in [4.69, 9.17) is 36.6 Å². The van der Waals surface area contributed by atoms with Gasteiger partial charge in [0, 0.05) is 48.3 Å². The number of hydrogen-bond acceptors (Lipinski definition) is 9. The fourth-order valence-corrected chi connectivity index (χ4v) is 6.47. The SMILES string of the molecule is Cc1noc(C)c1-c1nc(-c2cc(OCC(O)C(C)N)ccc2Cl)nc(N2CCC3(CCN(C4CC4)C3)C2)c1C. The van der Waals surface area contributed by atoms with E-state index in [9.17, 15) is 5.11 Å². The molecule has 2 aliphatic heterocycles. The van der Waals surface area contributed by atoms with Crippen LogP contribution in [0.25, 0.3) is 22.6 Å². The van der Waals surface area contributed by atoms with Crippen LogP contribution in [-0.2, 0) is 0 Å². The quantitative estimate of drug-likeness (QED) is 0.406. The van der Waals surface area contributed by atoms with Crippen LogP contribution < -0.4 is 15.4 Å². The predicted molar refractivity (Wildman–Crippen MR) is 156 cm³/mol. The molecule has 1 saturated carbocycles. The monoisotopic (exact) mass is 566 g/mol. The first-order valence-corrected chi connectivity index (χ1v) is 14.7. The molecule has 40 heavy (non-hydrogen) atoms. The number of anilines is 1. The Morgan fingerprint density at radius 3 is 2.65 bits per heavy atom. The van der Waals surface area contributed by atoms with E-state index in [1.54, 1.807) is 19.1 Å². The molecule has 0 radical (unpaired) electrons. The predicted octanol–water partition coefficient (Wildman–Crippen LogP) is 4.53. The molecule has 1 aromatic carbocycles. The Labute approximate surface area is 240 Å². The largest absolute Gasteiger partial charge is 0.491 e. The molecule has 2 saturated heterocycles. The van der Waals surface area contributed by atoms with Gasteiger partial charge in [-0.1, -0.05) is 16.8 Å². The Hall–Kier alpha value is -2.72. The number of aryl methyl sites for hydroxylation is 2. The van der Waals surface area contributed by atoms with Crippen LogP contribution in [-0.4, -0.2) is 76.1 Å². The van der Waals surface area contributed by atoms with E-state index < -0.39 is 12.1 Å². The maximum absolute atomic E-state index is 10.1. The third-order valence-corrected chi connectivity index (χ3v) is 9.20. The lowest BCUT2D eigenvalue weighted by Gasteiger charge is -2.26. The smallest absolute Gasteiger partial charge is 0.163 e. The van der Waals surface area contributed by atoms with Crippen molar-refractivity contribution in [1.82, 2.24) is 20.0 Å². The minimum atomic E-state index is -0.776. The lowest BCUT2D eigenvalue weighted by Crippen LogP contribution is -2.36. The molecule has 214 valence electrons. The average Bonchev–Trinajstić information content (AvgIpc) is 3.45. The summed E-state index contributed by atoms with van der Waals surface area (Å²) in [5.74, 6) is 2.73. The molecule has 0 bridgehead atoms. The highest BCUT2D eigenvalue weighted by molar-refractivity contribution is 6.33. The fourth-order valence-electron chi connectivity index (χ4n) is 6.27. The van der Waals surface area contributed by atoms with Crippen molar-refractivity contribution in [2.75, 3.05) is 37.7 Å². The molecule has 0 amide bonds. The second kappa shape index (κ2) is 10.6. The van der Waals surface area contributed by atoms with Crippen LogP contribution in [0, 0.1) is 26.2 Å². The third-order valence-electron chi connectivity index (χ3n) is 8.87. The van der Waals surface area contributed by atoms with Crippen molar-refractivity contribution < 1.29 is 14.4 Å². The van der Waals surface area contributed by atoms with Crippen LogP contribution in [0.1, 0.15) is 49.6 Å². The summed E-state index contributed by atoms with van der Waals surface area (Å²) in [7, 11) is 0. The molecule has 1 spiro atoms. The van der Waals surface area contributed by atoms with Crippen molar-refractivity contribution in [3.05, 3.63) is 40.2 Å². The molecule has 4 heterocycles. The lowest BCUT2D eigenvalue weighted by atomic mass is 9.86. The summed E-state index contributed by atoms with van der Waals surface area (Å²) < 4.78 is 11.4. The molecular weight excluding hydrogens is 528 g/mol. The van der Waals surface area contributed by atoms with Crippen LogP contribution in [0.3, 0.4) is 0 Å². The van der Waals surface area contributed by atoms with E-state index in [1.807, 2.05) is 19.9 Å². The molecule has 3 unspecified atom stereocenters. The normalized spacial score (nSPS) is 22.8. The number of nitrogens with two attached hydrogens (primary N) is 1. The van der Waals surface area contributed by atoms with E-state index in [0.717, 1.165) is 53.2 Å². The second-order valence-electron chi connectivity index (χ2n) is 12.0. The number of nitrogens with zero attached hydrogens (tertiary/aromatic N) is 5. The number of aliphatic hydroxyl groups is 1. The maximum atomic E-state index is 10.1. The van der Waals surface area contributed by atoms with Crippen LogP contribution >= 0.6 is 11.6 Å². The first-order chi connectivity index (χ1) is 19.1. The second-order valence-corrected chi connectivity index (χ2v) is 12.5. The summed E-state index contributed by atoms with van der Waals surface area (Å²) in [6.45, 7) is 12.1. The van der Waals surface area contributed by atoms with Gasteiger partial charge in [0.15, 0.2) is 5.82 Å². The van der Waals surface area contributed by atoms with Gasteiger partial charge in [-0.25, -0.2) is 9.97 Å². The topological polar surface area (TPSA) is 114 Å². The van der Waals surface area contributed by atoms with Gasteiger partial charge in [0.25, 0.3) is 0 Å². The van der Waals surface area contributed by atoms with Gasteiger partial charge in [-0.2, -0.15) is 0 Å². The molecule has 3 N–H and O–H groups in total. The van der Waals surface area contributed by atoms with Crippen molar-refractivity contribution in [3.8, 4) is 28.4 Å². The first kappa shape index (κ1) is 27.4. The van der Waals surface area contributed by atoms with Crippen molar-refractivity contribution in [2.24, 2.45) is 11.1 Å². The Bertz CT molecular complexity index is 1390. The molecule has 2 aromatic heterocycles. The molecule has 3 aliphatic rings. The van der Waals surface area contributed by atoms with Crippen LogP contribution in [0.15, 0.2) is 22.7 Å². The van der Waals surface area contributed by atoms with Crippen LogP contribution in [0.2, 0.25) is 5.02 Å². The summed E-state index contributed by atoms with van der Waals surface area (Å²) in [6, 6.07) is 5.79. The Kier molecular flexibility index (Phi) is 7.27. The van der Waals surface area contributed by atoms with Gasteiger partial charge in [-0.05, 0) is 78.1 Å².